The van der Waals surface area contributed by atoms with Crippen LogP contribution in [0.25, 0.3) is 16.8 Å². The third-order valence-electron chi connectivity index (χ3n) is 4.16. The number of alkyl halides is 3. The van der Waals surface area contributed by atoms with Crippen molar-refractivity contribution in [3.8, 4) is 16.8 Å². The molecule has 0 radical (unpaired) electrons. The van der Waals surface area contributed by atoms with E-state index in [2.05, 4.69) is 5.10 Å². The zero-order valence-electron chi connectivity index (χ0n) is 15.0. The number of carbonyl (C=O) groups is 1. The lowest BCUT2D eigenvalue weighted by molar-refractivity contribution is -0.137. The molecule has 158 valence electrons. The van der Waals surface area contributed by atoms with Crippen molar-refractivity contribution in [2.24, 2.45) is 10.9 Å². The molecule has 0 saturated heterocycles. The lowest BCUT2D eigenvalue weighted by Crippen LogP contribution is -2.20. The second-order valence-electron chi connectivity index (χ2n) is 6.31. The van der Waals surface area contributed by atoms with Gasteiger partial charge in [0.05, 0.1) is 23.9 Å². The Morgan fingerprint density at radius 3 is 2.23 bits per heavy atom. The van der Waals surface area contributed by atoms with Gasteiger partial charge in [-0.25, -0.2) is 22.6 Å². The number of amides is 1. The number of hydrogen-bond donors (Lipinski definition) is 2. The van der Waals surface area contributed by atoms with Gasteiger partial charge in [-0.2, -0.15) is 18.3 Å². The third-order valence-corrected chi connectivity index (χ3v) is 5.14. The number of carbonyl (C=O) groups excluding carboxylic acids is 1. The van der Waals surface area contributed by atoms with E-state index in [1.807, 2.05) is 0 Å². The van der Waals surface area contributed by atoms with Crippen molar-refractivity contribution < 1.29 is 30.8 Å². The van der Waals surface area contributed by atoms with E-state index >= 15 is 0 Å². The van der Waals surface area contributed by atoms with Crippen LogP contribution >= 0.6 is 0 Å². The number of primary sulfonamides is 1. The van der Waals surface area contributed by atoms with Crippen molar-refractivity contribution in [3.63, 3.8) is 0 Å². The molecule has 1 aromatic heterocycles. The van der Waals surface area contributed by atoms with Gasteiger partial charge in [0, 0.05) is 11.8 Å². The minimum absolute atomic E-state index is 0.0853. The predicted octanol–water partition coefficient (Wildman–Crippen LogP) is 2.37. The maximum absolute atomic E-state index is 13.4. The van der Waals surface area contributed by atoms with Crippen LogP contribution in [0.5, 0.6) is 0 Å². The molecule has 0 atom stereocenters. The summed E-state index contributed by atoms with van der Waals surface area (Å²) in [5, 5.41) is 8.97. The molecule has 0 bridgehead atoms. The minimum atomic E-state index is -4.70. The molecule has 0 saturated carbocycles. The zero-order chi connectivity index (χ0) is 22.3. The first-order valence-electron chi connectivity index (χ1n) is 8.23. The molecule has 7 nitrogen and oxygen atoms in total. The number of hydrogen-bond acceptors (Lipinski definition) is 4. The largest absolute Gasteiger partial charge is 0.419 e. The standard InChI is InChI=1S/C18H14F4N4O3S/c19-13-4-1-10(2-5-13)16-11(7-15(23)27)3-6-14(17(16)30(24,28)29)26-9-12(8-25-26)18(20,21)22/h1-6,8-9H,7H2,(H2,23,27)(H2,24,28,29). The zero-order valence-corrected chi connectivity index (χ0v) is 15.8. The topological polar surface area (TPSA) is 121 Å². The van der Waals surface area contributed by atoms with E-state index in [9.17, 15) is 30.8 Å². The second-order valence-corrected chi connectivity index (χ2v) is 7.81. The molecule has 0 aliphatic carbocycles. The molecule has 4 N–H and O–H groups in total. The van der Waals surface area contributed by atoms with E-state index in [1.54, 1.807) is 0 Å². The van der Waals surface area contributed by atoms with E-state index in [4.69, 9.17) is 10.9 Å². The van der Waals surface area contributed by atoms with Gasteiger partial charge in [0.2, 0.25) is 15.9 Å². The number of benzene rings is 2. The fourth-order valence-electron chi connectivity index (χ4n) is 2.95. The number of nitrogens with two attached hydrogens (primary N) is 2. The average molecular weight is 442 g/mol. The van der Waals surface area contributed by atoms with Gasteiger partial charge in [0.15, 0.2) is 0 Å². The molecule has 1 heterocycles. The van der Waals surface area contributed by atoms with Crippen LogP contribution < -0.4 is 10.9 Å². The summed E-state index contributed by atoms with van der Waals surface area (Å²) in [6, 6.07) is 7.09. The first kappa shape index (κ1) is 21.5. The van der Waals surface area contributed by atoms with E-state index in [1.165, 1.54) is 18.2 Å². The highest BCUT2D eigenvalue weighted by Crippen LogP contribution is 2.36. The van der Waals surface area contributed by atoms with Crippen LogP contribution in [0.15, 0.2) is 53.7 Å². The molecule has 2 aromatic carbocycles. The summed E-state index contributed by atoms with van der Waals surface area (Å²) in [6.07, 6.45) is -3.96. The monoisotopic (exact) mass is 442 g/mol. The van der Waals surface area contributed by atoms with Crippen LogP contribution in [0.3, 0.4) is 0 Å². The normalized spacial score (nSPS) is 12.2. The van der Waals surface area contributed by atoms with Gasteiger partial charge < -0.3 is 5.73 Å². The molecule has 12 heteroatoms. The lowest BCUT2D eigenvalue weighted by Gasteiger charge is -2.17. The average Bonchev–Trinajstić information content (AvgIpc) is 3.11. The summed E-state index contributed by atoms with van der Waals surface area (Å²) in [5.41, 5.74) is 4.08. The highest BCUT2D eigenvalue weighted by Gasteiger charge is 2.33. The van der Waals surface area contributed by atoms with Crippen molar-refractivity contribution >= 4 is 15.9 Å². The predicted molar refractivity (Wildman–Crippen MR) is 98.2 cm³/mol. The van der Waals surface area contributed by atoms with Crippen molar-refractivity contribution in [2.45, 2.75) is 17.5 Å². The quantitative estimate of drug-likeness (QED) is 0.589. The van der Waals surface area contributed by atoms with Crippen LogP contribution in [0.1, 0.15) is 11.1 Å². The Kier molecular flexibility index (Phi) is 5.39. The molecule has 0 unspecified atom stereocenters. The molecular weight excluding hydrogens is 428 g/mol. The van der Waals surface area contributed by atoms with Gasteiger partial charge in [-0.1, -0.05) is 18.2 Å². The van der Waals surface area contributed by atoms with E-state index < -0.39 is 38.4 Å². The maximum Gasteiger partial charge on any atom is 0.419 e. The first-order chi connectivity index (χ1) is 13.9. The third kappa shape index (κ3) is 4.33. The molecule has 0 fully saturated rings. The number of sulfonamides is 1. The fourth-order valence-corrected chi connectivity index (χ4v) is 3.94. The van der Waals surface area contributed by atoms with Crippen molar-refractivity contribution in [1.29, 1.82) is 0 Å². The highest BCUT2D eigenvalue weighted by molar-refractivity contribution is 7.89. The molecule has 0 spiro atoms. The van der Waals surface area contributed by atoms with Gasteiger partial charge in [0.1, 0.15) is 10.7 Å². The maximum atomic E-state index is 13.4. The van der Waals surface area contributed by atoms with Gasteiger partial charge in [0.25, 0.3) is 0 Å². The summed E-state index contributed by atoms with van der Waals surface area (Å²) < 4.78 is 77.9. The molecule has 0 aliphatic heterocycles. The minimum Gasteiger partial charge on any atom is -0.369 e. The fraction of sp³-hybridized carbons (Fsp3) is 0.111. The number of aromatic nitrogens is 2. The van der Waals surface area contributed by atoms with Crippen molar-refractivity contribution in [1.82, 2.24) is 9.78 Å². The highest BCUT2D eigenvalue weighted by atomic mass is 32.2. The SMILES string of the molecule is NC(=O)Cc1ccc(-n2cc(C(F)(F)F)cn2)c(S(N)(=O)=O)c1-c1ccc(F)cc1. The van der Waals surface area contributed by atoms with E-state index in [0.717, 1.165) is 18.2 Å². The van der Waals surface area contributed by atoms with Gasteiger partial charge in [-0.05, 0) is 29.3 Å². The Labute approximate surface area is 168 Å². The van der Waals surface area contributed by atoms with E-state index in [-0.39, 0.29) is 28.8 Å². The van der Waals surface area contributed by atoms with Crippen LogP contribution in [0.4, 0.5) is 17.6 Å². The Balaban J connectivity index is 2.37. The second kappa shape index (κ2) is 7.54. The summed E-state index contributed by atoms with van der Waals surface area (Å²) in [6.45, 7) is 0. The Bertz CT molecular complexity index is 1220. The van der Waals surface area contributed by atoms with Crippen LogP contribution in [-0.2, 0) is 27.4 Å². The van der Waals surface area contributed by atoms with Crippen LogP contribution in [0, 0.1) is 5.82 Å². The number of nitrogens with zero attached hydrogens (tertiary/aromatic N) is 2. The smallest absolute Gasteiger partial charge is 0.369 e. The van der Waals surface area contributed by atoms with Crippen molar-refractivity contribution in [2.75, 3.05) is 0 Å². The summed E-state index contributed by atoms with van der Waals surface area (Å²) in [4.78, 5) is 10.9. The Morgan fingerprint density at radius 2 is 1.73 bits per heavy atom. The molecule has 30 heavy (non-hydrogen) atoms. The van der Waals surface area contributed by atoms with Gasteiger partial charge >= 0.3 is 6.18 Å². The summed E-state index contributed by atoms with van der Waals surface area (Å²) in [5.74, 6) is -1.39. The lowest BCUT2D eigenvalue weighted by atomic mass is 9.96. The molecule has 3 rings (SSSR count). The Morgan fingerprint density at radius 1 is 1.10 bits per heavy atom. The van der Waals surface area contributed by atoms with Gasteiger partial charge in [-0.3, -0.25) is 4.79 Å². The molecule has 0 aliphatic rings. The van der Waals surface area contributed by atoms with Crippen molar-refractivity contribution in [3.05, 3.63) is 65.7 Å². The van der Waals surface area contributed by atoms with E-state index in [0.29, 0.717) is 17.1 Å². The summed E-state index contributed by atoms with van der Waals surface area (Å²) in [7, 11) is -4.54. The number of rotatable bonds is 5. The summed E-state index contributed by atoms with van der Waals surface area (Å²) >= 11 is 0. The van der Waals surface area contributed by atoms with Crippen LogP contribution in [0.2, 0.25) is 0 Å². The molecule has 1 amide bonds. The molecular formula is C18H14F4N4O3S. The Hall–Kier alpha value is -3.25. The van der Waals surface area contributed by atoms with Crippen LogP contribution in [-0.4, -0.2) is 24.1 Å². The number of primary amides is 1. The van der Waals surface area contributed by atoms with Gasteiger partial charge in [-0.15, -0.1) is 0 Å². The first-order valence-corrected chi connectivity index (χ1v) is 9.77. The number of halogens is 4. The molecule has 3 aromatic rings.